The molecule has 1 aliphatic rings. The van der Waals surface area contributed by atoms with Gasteiger partial charge in [0.1, 0.15) is 0 Å². The first-order valence-electron chi connectivity index (χ1n) is 4.55. The molecule has 0 aliphatic carbocycles. The molecule has 62 valence electrons. The first kappa shape index (κ1) is 9.96. The Hall–Kier alpha value is -0.0400. The zero-order valence-electron chi connectivity index (χ0n) is 7.85. The van der Waals surface area contributed by atoms with E-state index in [4.69, 9.17) is 0 Å². The van der Waals surface area contributed by atoms with Gasteiger partial charge in [-0.25, -0.2) is 0 Å². The van der Waals surface area contributed by atoms with Gasteiger partial charge in [-0.05, 0) is 32.9 Å². The maximum Gasteiger partial charge on any atom is 0.00900 e. The minimum atomic E-state index is 0.898. The van der Waals surface area contributed by atoms with Crippen LogP contribution >= 0.6 is 0 Å². The molecule has 10 heavy (non-hydrogen) atoms. The third-order valence-corrected chi connectivity index (χ3v) is 2.14. The second-order valence-electron chi connectivity index (χ2n) is 2.68. The molecule has 1 atom stereocenters. The molecule has 0 saturated carbocycles. The molecule has 1 rings (SSSR count). The van der Waals surface area contributed by atoms with Gasteiger partial charge in [0.15, 0.2) is 0 Å². The van der Waals surface area contributed by atoms with E-state index < -0.39 is 0 Å². The summed E-state index contributed by atoms with van der Waals surface area (Å²) in [5.74, 6) is 0. The van der Waals surface area contributed by atoms with Crippen LogP contribution in [-0.4, -0.2) is 24.5 Å². The molecule has 0 spiro atoms. The molecule has 1 aliphatic heterocycles. The van der Waals surface area contributed by atoms with Crippen molar-refractivity contribution in [2.45, 2.75) is 46.1 Å². The fourth-order valence-corrected chi connectivity index (χ4v) is 1.50. The molecule has 1 nitrogen and oxygen atoms in total. The molecule has 0 unspecified atom stereocenters. The predicted molar refractivity (Wildman–Crippen MR) is 47.3 cm³/mol. The van der Waals surface area contributed by atoms with E-state index in [1.165, 1.54) is 25.8 Å². The van der Waals surface area contributed by atoms with E-state index in [2.05, 4.69) is 18.9 Å². The largest absolute Gasteiger partial charge is 0.303 e. The summed E-state index contributed by atoms with van der Waals surface area (Å²) in [5, 5.41) is 0. The molecule has 0 aromatic heterocycles. The molecule has 0 amide bonds. The summed E-state index contributed by atoms with van der Waals surface area (Å²) in [5.41, 5.74) is 0. The Balaban J connectivity index is 0.000000371. The average molecular weight is 143 g/mol. The number of nitrogens with zero attached hydrogens (tertiary/aromatic N) is 1. The van der Waals surface area contributed by atoms with Gasteiger partial charge in [-0.2, -0.15) is 0 Å². The molecule has 0 bridgehead atoms. The minimum absolute atomic E-state index is 0.898. The molecule has 1 heterocycles. The van der Waals surface area contributed by atoms with E-state index in [1.54, 1.807) is 0 Å². The Labute approximate surface area is 65.4 Å². The summed E-state index contributed by atoms with van der Waals surface area (Å²) in [6, 6.07) is 0.898. The fraction of sp³-hybridized carbons (Fsp3) is 1.00. The maximum absolute atomic E-state index is 2.46. The van der Waals surface area contributed by atoms with Gasteiger partial charge in [-0.1, -0.05) is 20.8 Å². The number of rotatable bonds is 1. The zero-order chi connectivity index (χ0) is 7.98. The highest BCUT2D eigenvalue weighted by atomic mass is 15.1. The highest BCUT2D eigenvalue weighted by Crippen LogP contribution is 2.16. The highest BCUT2D eigenvalue weighted by molar-refractivity contribution is 4.73. The Morgan fingerprint density at radius 2 is 2.00 bits per heavy atom. The van der Waals surface area contributed by atoms with Crippen LogP contribution in [0, 0.1) is 0 Å². The van der Waals surface area contributed by atoms with Crippen LogP contribution in [0.1, 0.15) is 40.0 Å². The van der Waals surface area contributed by atoms with Crippen molar-refractivity contribution >= 4 is 0 Å². The summed E-state index contributed by atoms with van der Waals surface area (Å²) in [6.07, 6.45) is 4.17. The smallest absolute Gasteiger partial charge is 0.00900 e. The van der Waals surface area contributed by atoms with Crippen LogP contribution in [0.5, 0.6) is 0 Å². The van der Waals surface area contributed by atoms with E-state index in [0.29, 0.717) is 0 Å². The normalized spacial score (nSPS) is 25.8. The van der Waals surface area contributed by atoms with Crippen LogP contribution in [-0.2, 0) is 0 Å². The van der Waals surface area contributed by atoms with Crippen LogP contribution in [0.4, 0.5) is 0 Å². The van der Waals surface area contributed by atoms with E-state index in [0.717, 1.165) is 6.04 Å². The fourth-order valence-electron chi connectivity index (χ4n) is 1.50. The first-order chi connectivity index (χ1) is 4.84. The van der Waals surface area contributed by atoms with Gasteiger partial charge in [0.2, 0.25) is 0 Å². The van der Waals surface area contributed by atoms with Crippen molar-refractivity contribution in [1.82, 2.24) is 4.90 Å². The summed E-state index contributed by atoms with van der Waals surface area (Å²) in [6.45, 7) is 7.59. The van der Waals surface area contributed by atoms with Crippen molar-refractivity contribution in [1.29, 1.82) is 0 Å². The lowest BCUT2D eigenvalue weighted by Crippen LogP contribution is -2.23. The van der Waals surface area contributed by atoms with Crippen LogP contribution in [0.3, 0.4) is 0 Å². The van der Waals surface area contributed by atoms with Crippen LogP contribution in [0.2, 0.25) is 0 Å². The molecule has 0 aromatic carbocycles. The Kier molecular flexibility index (Phi) is 5.70. The van der Waals surface area contributed by atoms with E-state index in [-0.39, 0.29) is 0 Å². The number of hydrogen-bond donors (Lipinski definition) is 0. The lowest BCUT2D eigenvalue weighted by Gasteiger charge is -2.16. The monoisotopic (exact) mass is 143 g/mol. The molecule has 1 saturated heterocycles. The maximum atomic E-state index is 2.46. The SMILES string of the molecule is CC.CC[C@@H]1CCCN1C. The van der Waals surface area contributed by atoms with Crippen molar-refractivity contribution in [3.63, 3.8) is 0 Å². The Morgan fingerprint density at radius 1 is 1.40 bits per heavy atom. The van der Waals surface area contributed by atoms with Gasteiger partial charge in [0.25, 0.3) is 0 Å². The van der Waals surface area contributed by atoms with Gasteiger partial charge in [-0.15, -0.1) is 0 Å². The van der Waals surface area contributed by atoms with Gasteiger partial charge in [-0.3, -0.25) is 0 Å². The van der Waals surface area contributed by atoms with Crippen molar-refractivity contribution in [3.8, 4) is 0 Å². The first-order valence-corrected chi connectivity index (χ1v) is 4.55. The van der Waals surface area contributed by atoms with Gasteiger partial charge in [0.05, 0.1) is 0 Å². The van der Waals surface area contributed by atoms with Crippen molar-refractivity contribution in [2.24, 2.45) is 0 Å². The van der Waals surface area contributed by atoms with Gasteiger partial charge in [0, 0.05) is 6.04 Å². The van der Waals surface area contributed by atoms with Crippen molar-refractivity contribution in [2.75, 3.05) is 13.6 Å². The third-order valence-electron chi connectivity index (χ3n) is 2.14. The highest BCUT2D eigenvalue weighted by Gasteiger charge is 2.17. The average Bonchev–Trinajstić information content (AvgIpc) is 2.39. The second kappa shape index (κ2) is 5.72. The lowest BCUT2D eigenvalue weighted by molar-refractivity contribution is 0.304. The van der Waals surface area contributed by atoms with Gasteiger partial charge < -0.3 is 4.90 Å². The summed E-state index contributed by atoms with van der Waals surface area (Å²) in [4.78, 5) is 2.46. The molecule has 1 fully saturated rings. The van der Waals surface area contributed by atoms with Crippen LogP contribution in [0.15, 0.2) is 0 Å². The van der Waals surface area contributed by atoms with Crippen molar-refractivity contribution in [3.05, 3.63) is 0 Å². The van der Waals surface area contributed by atoms with Gasteiger partial charge >= 0.3 is 0 Å². The number of hydrogen-bond acceptors (Lipinski definition) is 1. The number of likely N-dealkylation sites (tertiary alicyclic amines) is 1. The summed E-state index contributed by atoms with van der Waals surface area (Å²) < 4.78 is 0. The van der Waals surface area contributed by atoms with Crippen LogP contribution in [0.25, 0.3) is 0 Å². The zero-order valence-corrected chi connectivity index (χ0v) is 7.85. The lowest BCUT2D eigenvalue weighted by atomic mass is 10.2. The second-order valence-corrected chi connectivity index (χ2v) is 2.68. The molecule has 1 heteroatoms. The standard InChI is InChI=1S/C7H15N.C2H6/c1-3-7-5-4-6-8(7)2;1-2/h7H,3-6H2,1-2H3;1-2H3/t7-;/m1./s1. The molecular formula is C9H21N. The van der Waals surface area contributed by atoms with E-state index >= 15 is 0 Å². The topological polar surface area (TPSA) is 3.24 Å². The molecule has 0 aromatic rings. The molecule has 0 radical (unpaired) electrons. The quantitative estimate of drug-likeness (QED) is 0.545. The summed E-state index contributed by atoms with van der Waals surface area (Å²) in [7, 11) is 2.22. The van der Waals surface area contributed by atoms with E-state index in [9.17, 15) is 0 Å². The molecule has 0 N–H and O–H groups in total. The Morgan fingerprint density at radius 3 is 2.20 bits per heavy atom. The van der Waals surface area contributed by atoms with Crippen LogP contribution < -0.4 is 0 Å². The molecular weight excluding hydrogens is 122 g/mol. The third kappa shape index (κ3) is 2.70. The predicted octanol–water partition coefficient (Wildman–Crippen LogP) is 2.52. The van der Waals surface area contributed by atoms with Crippen molar-refractivity contribution < 1.29 is 0 Å². The summed E-state index contributed by atoms with van der Waals surface area (Å²) >= 11 is 0. The van der Waals surface area contributed by atoms with E-state index in [1.807, 2.05) is 13.8 Å². The Bertz CT molecular complexity index is 71.1. The minimum Gasteiger partial charge on any atom is -0.303 e.